The first-order valence-electron chi connectivity index (χ1n) is 6.41. The van der Waals surface area contributed by atoms with Gasteiger partial charge in [0.15, 0.2) is 0 Å². The fraction of sp³-hybridized carbons (Fsp3) is 0.333. The largest absolute Gasteiger partial charge is 0.310 e. The van der Waals surface area contributed by atoms with Crippen molar-refractivity contribution in [2.24, 2.45) is 0 Å². The fourth-order valence-electron chi connectivity index (χ4n) is 2.15. The highest BCUT2D eigenvalue weighted by atomic mass is 14.9. The number of rotatable bonds is 4. The summed E-state index contributed by atoms with van der Waals surface area (Å²) in [7, 11) is 0. The molecule has 1 N–H and O–H groups in total. The first-order valence-corrected chi connectivity index (χ1v) is 6.41. The Hall–Kier alpha value is -1.74. The van der Waals surface area contributed by atoms with Crippen LogP contribution in [0.5, 0.6) is 0 Å². The molecule has 0 bridgehead atoms. The number of nitrogens with zero attached hydrogens (tertiary/aromatic N) is 2. The minimum absolute atomic E-state index is 0.757. The number of hydrogen-bond donors (Lipinski definition) is 1. The maximum atomic E-state index is 4.07. The summed E-state index contributed by atoms with van der Waals surface area (Å²) in [6.07, 6.45) is 7.94. The van der Waals surface area contributed by atoms with Gasteiger partial charge in [-0.15, -0.1) is 0 Å². The van der Waals surface area contributed by atoms with Crippen molar-refractivity contribution in [3.63, 3.8) is 0 Å². The Labute approximate surface area is 107 Å². The zero-order chi connectivity index (χ0) is 12.4. The lowest BCUT2D eigenvalue weighted by Crippen LogP contribution is -2.15. The van der Waals surface area contributed by atoms with E-state index in [1.165, 1.54) is 29.5 Å². The Kier molecular flexibility index (Phi) is 3.07. The smallest absolute Gasteiger partial charge is 0.115 e. The second-order valence-electron chi connectivity index (χ2n) is 4.93. The minimum Gasteiger partial charge on any atom is -0.310 e. The van der Waals surface area contributed by atoms with Crippen LogP contribution < -0.4 is 5.32 Å². The third-order valence-electron chi connectivity index (χ3n) is 3.33. The van der Waals surface area contributed by atoms with E-state index in [2.05, 4.69) is 40.4 Å². The van der Waals surface area contributed by atoms with E-state index in [4.69, 9.17) is 0 Å². The Bertz CT molecular complexity index is 533. The average Bonchev–Trinajstić information content (AvgIpc) is 3.21. The molecule has 1 fully saturated rings. The molecule has 0 aliphatic heterocycles. The summed E-state index contributed by atoms with van der Waals surface area (Å²) in [5.74, 6) is 0. The molecule has 0 amide bonds. The van der Waals surface area contributed by atoms with E-state index in [0.29, 0.717) is 0 Å². The predicted octanol–water partition coefficient (Wildman–Crippen LogP) is 2.70. The summed E-state index contributed by atoms with van der Waals surface area (Å²) in [6, 6.07) is 7.35. The second kappa shape index (κ2) is 4.86. The maximum absolute atomic E-state index is 4.07. The molecular weight excluding hydrogens is 222 g/mol. The lowest BCUT2D eigenvalue weighted by atomic mass is 10.0. The molecule has 0 atom stereocenters. The Morgan fingerprint density at radius 1 is 1.22 bits per heavy atom. The van der Waals surface area contributed by atoms with E-state index < -0.39 is 0 Å². The molecule has 3 nitrogen and oxygen atoms in total. The monoisotopic (exact) mass is 239 g/mol. The standard InChI is InChI=1S/C15H17N3/c1-11-6-12(7-18-14-3-4-14)2-5-15(11)13-8-16-10-17-9-13/h2,5-6,8-10,14,18H,3-4,7H2,1H3. The van der Waals surface area contributed by atoms with Crippen molar-refractivity contribution in [3.05, 3.63) is 48.0 Å². The van der Waals surface area contributed by atoms with E-state index >= 15 is 0 Å². The first-order chi connectivity index (χ1) is 8.83. The Balaban J connectivity index is 1.80. The molecule has 1 heterocycles. The van der Waals surface area contributed by atoms with Crippen LogP contribution in [0.3, 0.4) is 0 Å². The van der Waals surface area contributed by atoms with Gasteiger partial charge in [0.25, 0.3) is 0 Å². The summed E-state index contributed by atoms with van der Waals surface area (Å²) in [4.78, 5) is 8.14. The third-order valence-corrected chi connectivity index (χ3v) is 3.33. The summed E-state index contributed by atoms with van der Waals surface area (Å²) in [5, 5.41) is 3.53. The van der Waals surface area contributed by atoms with E-state index in [0.717, 1.165) is 18.2 Å². The van der Waals surface area contributed by atoms with Crippen LogP contribution in [-0.2, 0) is 6.54 Å². The molecular formula is C15H17N3. The van der Waals surface area contributed by atoms with Crippen LogP contribution in [0.1, 0.15) is 24.0 Å². The van der Waals surface area contributed by atoms with Gasteiger partial charge in [-0.1, -0.05) is 18.2 Å². The molecule has 2 aromatic rings. The van der Waals surface area contributed by atoms with Crippen LogP contribution in [0, 0.1) is 6.92 Å². The number of nitrogens with one attached hydrogen (secondary N) is 1. The molecule has 3 rings (SSSR count). The summed E-state index contributed by atoms with van der Waals surface area (Å²) in [5.41, 5.74) is 4.92. The van der Waals surface area contributed by atoms with E-state index in [9.17, 15) is 0 Å². The van der Waals surface area contributed by atoms with Gasteiger partial charge >= 0.3 is 0 Å². The van der Waals surface area contributed by atoms with Gasteiger partial charge in [-0.3, -0.25) is 0 Å². The zero-order valence-electron chi connectivity index (χ0n) is 10.6. The molecule has 1 saturated carbocycles. The molecule has 1 aliphatic rings. The average molecular weight is 239 g/mol. The van der Waals surface area contributed by atoms with Crippen LogP contribution in [-0.4, -0.2) is 16.0 Å². The number of aryl methyl sites for hydroxylation is 1. The maximum Gasteiger partial charge on any atom is 0.115 e. The summed E-state index contributed by atoms with van der Waals surface area (Å²) >= 11 is 0. The number of hydrogen-bond acceptors (Lipinski definition) is 3. The van der Waals surface area contributed by atoms with Crippen molar-refractivity contribution in [3.8, 4) is 11.1 Å². The van der Waals surface area contributed by atoms with Gasteiger partial charge in [-0.25, -0.2) is 9.97 Å². The van der Waals surface area contributed by atoms with E-state index in [1.807, 2.05) is 12.4 Å². The molecule has 1 aromatic carbocycles. The van der Waals surface area contributed by atoms with Gasteiger partial charge in [0, 0.05) is 30.5 Å². The van der Waals surface area contributed by atoms with Crippen molar-refractivity contribution in [2.75, 3.05) is 0 Å². The number of aromatic nitrogens is 2. The van der Waals surface area contributed by atoms with Gasteiger partial charge in [0.2, 0.25) is 0 Å². The predicted molar refractivity (Wildman–Crippen MR) is 72.1 cm³/mol. The van der Waals surface area contributed by atoms with Gasteiger partial charge in [-0.2, -0.15) is 0 Å². The second-order valence-corrected chi connectivity index (χ2v) is 4.93. The first kappa shape index (κ1) is 11.4. The van der Waals surface area contributed by atoms with Gasteiger partial charge in [0.1, 0.15) is 6.33 Å². The Morgan fingerprint density at radius 2 is 2.00 bits per heavy atom. The van der Waals surface area contributed by atoms with Crippen molar-refractivity contribution in [1.82, 2.24) is 15.3 Å². The Morgan fingerprint density at radius 3 is 2.67 bits per heavy atom. The molecule has 0 spiro atoms. The molecule has 1 aromatic heterocycles. The van der Waals surface area contributed by atoms with E-state index in [1.54, 1.807) is 6.33 Å². The molecule has 0 unspecified atom stereocenters. The topological polar surface area (TPSA) is 37.8 Å². The number of benzene rings is 1. The summed E-state index contributed by atoms with van der Waals surface area (Å²) < 4.78 is 0. The van der Waals surface area contributed by atoms with Gasteiger partial charge < -0.3 is 5.32 Å². The van der Waals surface area contributed by atoms with Crippen molar-refractivity contribution >= 4 is 0 Å². The van der Waals surface area contributed by atoms with Crippen molar-refractivity contribution < 1.29 is 0 Å². The highest BCUT2D eigenvalue weighted by Gasteiger charge is 2.19. The SMILES string of the molecule is Cc1cc(CNC2CC2)ccc1-c1cncnc1. The molecule has 92 valence electrons. The zero-order valence-corrected chi connectivity index (χ0v) is 10.6. The van der Waals surface area contributed by atoms with Gasteiger partial charge in [0.05, 0.1) is 0 Å². The summed E-state index contributed by atoms with van der Waals surface area (Å²) in [6.45, 7) is 3.11. The molecule has 1 aliphatic carbocycles. The van der Waals surface area contributed by atoms with Crippen molar-refractivity contribution in [2.45, 2.75) is 32.4 Å². The van der Waals surface area contributed by atoms with Crippen LogP contribution >= 0.6 is 0 Å². The molecule has 3 heteroatoms. The van der Waals surface area contributed by atoms with Gasteiger partial charge in [-0.05, 0) is 36.5 Å². The van der Waals surface area contributed by atoms with Crippen LogP contribution in [0.2, 0.25) is 0 Å². The molecule has 0 radical (unpaired) electrons. The lowest BCUT2D eigenvalue weighted by Gasteiger charge is -2.09. The van der Waals surface area contributed by atoms with Crippen LogP contribution in [0.25, 0.3) is 11.1 Å². The van der Waals surface area contributed by atoms with Crippen molar-refractivity contribution in [1.29, 1.82) is 0 Å². The normalized spacial score (nSPS) is 14.7. The molecule has 18 heavy (non-hydrogen) atoms. The highest BCUT2D eigenvalue weighted by molar-refractivity contribution is 5.65. The third kappa shape index (κ3) is 2.57. The fourth-order valence-corrected chi connectivity index (χ4v) is 2.15. The van der Waals surface area contributed by atoms with E-state index in [-0.39, 0.29) is 0 Å². The van der Waals surface area contributed by atoms with Crippen LogP contribution in [0.4, 0.5) is 0 Å². The molecule has 0 saturated heterocycles. The lowest BCUT2D eigenvalue weighted by molar-refractivity contribution is 0.687. The quantitative estimate of drug-likeness (QED) is 0.891. The van der Waals surface area contributed by atoms with Crippen LogP contribution in [0.15, 0.2) is 36.9 Å². The minimum atomic E-state index is 0.757. The highest BCUT2D eigenvalue weighted by Crippen LogP contribution is 2.24.